The highest BCUT2D eigenvalue weighted by atomic mass is 16.5. The summed E-state index contributed by atoms with van der Waals surface area (Å²) in [7, 11) is 16.9. The number of aliphatic hydroxyl groups is 6. The maximum atomic E-state index is 11.1. The Morgan fingerprint density at radius 1 is 0.275 bits per heavy atom. The van der Waals surface area contributed by atoms with Crippen molar-refractivity contribution in [1.29, 1.82) is 0 Å². The molecule has 138 heavy (non-hydrogen) atoms. The smallest absolute Gasteiger partial charge is 0.161 e. The van der Waals surface area contributed by atoms with E-state index in [4.69, 9.17) is 128 Å². The van der Waals surface area contributed by atoms with Crippen LogP contribution in [0.2, 0.25) is 0 Å². The average Bonchev–Trinajstić information content (AvgIpc) is 0.735. The van der Waals surface area contributed by atoms with E-state index in [9.17, 15) is 30.6 Å². The van der Waals surface area contributed by atoms with E-state index in [1.807, 2.05) is 27.7 Å². The third-order valence-electron chi connectivity index (χ3n) is 26.4. The first-order valence-corrected chi connectivity index (χ1v) is 46.3. The summed E-state index contributed by atoms with van der Waals surface area (Å²) < 4.78 is 497. The number of hydrogen-bond donors (Lipinski definition) is 6. The van der Waals surface area contributed by atoms with Crippen molar-refractivity contribution in [3.63, 3.8) is 0 Å². The number of aliphatic hydroxyl groups excluding tert-OH is 2. The van der Waals surface area contributed by atoms with Gasteiger partial charge in [-0.05, 0) is 326 Å². The Labute approximate surface area is 900 Å². The summed E-state index contributed by atoms with van der Waals surface area (Å²) in [6.07, 6.45) is -38.0. The van der Waals surface area contributed by atoms with Crippen molar-refractivity contribution in [3.05, 3.63) is 140 Å². The molecule has 0 radical (unpaired) electrons. The predicted molar refractivity (Wildman–Crippen MR) is 547 cm³/mol. The van der Waals surface area contributed by atoms with Gasteiger partial charge >= 0.3 is 0 Å². The second kappa shape index (κ2) is 49.1. The summed E-state index contributed by atoms with van der Waals surface area (Å²) in [5.41, 5.74) is 2.61. The highest BCUT2D eigenvalue weighted by Crippen LogP contribution is 2.52. The lowest BCUT2D eigenvalue weighted by molar-refractivity contribution is -0.0192. The van der Waals surface area contributed by atoms with Crippen molar-refractivity contribution >= 4 is 0 Å². The SMILES string of the molecule is [2H]C([2H])([2H])C([2H])(C)C([2H])([2H])[C@H]1CN2[C@@H](C[C@@]1([2H])O)c1cc(OC)c(OC)cc1C([2H])([2H])C2([2H])[2H].[2H]C([2H])([2H])C([2H])(C)C([2H])([2H])[C@H]1CN2[C@@H](C[C@@]1([2H])O)c1cc(OC)c(OC)cc1C([2H])([2H])C2([2H])[2H].[2H]C([2H])([2H])C([2H])(C)C([2H])([2H])[C@H]1CN2[C@@H](C[C@H]1O)c1cc(OC)c(OC)cc1C([2H])([2H])C2([2H])[2H].[2H]C([2H])([2H])C([2H])(C)C([2H])([2H])[C@H]1CN2[C@@H](C[C@H]1O)c1cc(OC)c(OC)cc1C([2H])([2H])C2([2H])[2H].[2H]C1([2H])c2cc(OC)c(OC)cc2[C@@H]2C[C@@]([2H])(O)[C@@H](CC(C)C)CN2C1([2H])[2H].[2H]C1([2H])c2cc(OC)c(OC)cc2[C@@H]2C[C@@]([2H])(O)[C@@H](CC(C)C)CN2C1([2H])[2H]. The van der Waals surface area contributed by atoms with Crippen LogP contribution in [0.4, 0.5) is 0 Å². The van der Waals surface area contributed by atoms with E-state index < -0.39 is 301 Å². The van der Waals surface area contributed by atoms with Gasteiger partial charge in [0, 0.05) is 180 Å². The number of nitrogens with zero attached hydrogens (tertiary/aromatic N) is 6. The van der Waals surface area contributed by atoms with Gasteiger partial charge in [0.15, 0.2) is 69.0 Å². The van der Waals surface area contributed by atoms with Gasteiger partial charge in [-0.1, -0.05) is 82.8 Å². The number of benzene rings is 6. The van der Waals surface area contributed by atoms with Gasteiger partial charge in [0.25, 0.3) is 0 Å². The van der Waals surface area contributed by atoms with E-state index >= 15 is 0 Å². The van der Waals surface area contributed by atoms with Gasteiger partial charge in [0.05, 0.1) is 127 Å². The van der Waals surface area contributed by atoms with Crippen LogP contribution >= 0.6 is 0 Å². The Bertz CT molecular complexity index is 7040. The van der Waals surface area contributed by atoms with Gasteiger partial charge in [-0.15, -0.1) is 0 Å². The Balaban J connectivity index is 0.000000184. The lowest BCUT2D eigenvalue weighted by Gasteiger charge is -2.46. The van der Waals surface area contributed by atoms with Crippen LogP contribution in [0.3, 0.4) is 0 Å². The first-order chi connectivity index (χ1) is 85.8. The molecule has 6 saturated heterocycles. The van der Waals surface area contributed by atoms with Crippen LogP contribution < -0.4 is 56.8 Å². The van der Waals surface area contributed by atoms with Gasteiger partial charge in [-0.25, -0.2) is 0 Å². The van der Waals surface area contributed by atoms with Crippen LogP contribution in [0.5, 0.6) is 69.0 Å². The molecule has 0 saturated carbocycles. The van der Waals surface area contributed by atoms with Gasteiger partial charge in [-0.3, -0.25) is 29.4 Å². The third-order valence-corrected chi connectivity index (χ3v) is 26.4. The Morgan fingerprint density at radius 3 is 0.630 bits per heavy atom. The molecule has 0 amide bonds. The lowest BCUT2D eigenvalue weighted by atomic mass is 9.79. The standard InChI is InChI=1S/6C19H29NO3/c6*1-12(2)7-14-11-20-6-5-13-8-18(22-3)19(23-4)9-15(13)16(20)10-17(14)21/h6*8-9,12,14,16-17,21H,5-7,10-11H2,1-4H3/t6*14-,16-,17+/m000000/s1/i2*1D3,5D2,6D2,7D2,12D,17D;2*1D3,5D2,6D2,7D2,12D;2*5D2,6D2,17D/t4*12?,14-,16-,17+;2m. The average molecular weight is 1970 g/mol. The highest BCUT2D eigenvalue weighted by molar-refractivity contribution is 5.55. The van der Waals surface area contributed by atoms with Gasteiger partial charge < -0.3 is 87.5 Å². The summed E-state index contributed by atoms with van der Waals surface area (Å²) in [4.78, 5) is 7.26. The lowest BCUT2D eigenvalue weighted by Crippen LogP contribution is -2.48. The van der Waals surface area contributed by atoms with Gasteiger partial charge in [0.1, 0.15) is 0 Å². The first-order valence-electron chi connectivity index (χ1n) is 72.3. The van der Waals surface area contributed by atoms with E-state index in [2.05, 4.69) is 0 Å². The molecule has 6 aromatic rings. The minimum absolute atomic E-state index is 0.00244. The fourth-order valence-corrected chi connectivity index (χ4v) is 19.7. The molecule has 12 aliphatic heterocycles. The van der Waals surface area contributed by atoms with Crippen LogP contribution in [-0.4, -0.2) is 260 Å². The molecule has 6 aromatic carbocycles. The largest absolute Gasteiger partial charge is 0.493 e. The number of ether oxygens (including phenoxy) is 12. The number of aryl methyl sites for hydroxylation is 6. The summed E-state index contributed by atoms with van der Waals surface area (Å²) in [6, 6.07) is 12.6. The van der Waals surface area contributed by atoms with Crippen LogP contribution in [0.1, 0.15) is 334 Å². The van der Waals surface area contributed by atoms with Gasteiger partial charge in [-0.2, -0.15) is 0 Å². The molecule has 18 rings (SSSR count). The van der Waals surface area contributed by atoms with Crippen molar-refractivity contribution in [3.8, 4) is 69.0 Å². The predicted octanol–water partition coefficient (Wildman–Crippen LogP) is 18.2. The first kappa shape index (κ1) is 57.8. The zero-order valence-electron chi connectivity index (χ0n) is 134. The minimum atomic E-state index is -3.10. The molecule has 24 nitrogen and oxygen atoms in total. The second-order valence-electron chi connectivity index (χ2n) is 36.6. The monoisotopic (exact) mass is 1970 g/mol. The Morgan fingerprint density at radius 2 is 0.442 bits per heavy atom. The highest BCUT2D eigenvalue weighted by Gasteiger charge is 2.47. The van der Waals surface area contributed by atoms with Gasteiger partial charge in [0.2, 0.25) is 0 Å². The normalized spacial score (nSPS) is 42.0. The van der Waals surface area contributed by atoms with Crippen molar-refractivity contribution < 1.29 is 159 Å². The quantitative estimate of drug-likeness (QED) is 0.0329. The van der Waals surface area contributed by atoms with Crippen LogP contribution in [0.15, 0.2) is 72.8 Å². The summed E-state index contributed by atoms with van der Waals surface area (Å²) in [5.74, 6) is -14.3. The topological polar surface area (TPSA) is 252 Å². The molecule has 12 aliphatic rings. The Kier molecular flexibility index (Phi) is 20.6. The summed E-state index contributed by atoms with van der Waals surface area (Å²) in [6.45, 7) is -18.0. The Hall–Kier alpha value is -7.56. The fourth-order valence-electron chi connectivity index (χ4n) is 19.7. The maximum Gasteiger partial charge on any atom is 0.161 e. The molecule has 12 heterocycles. The van der Waals surface area contributed by atoms with E-state index in [1.54, 1.807) is 12.1 Å². The molecule has 0 bridgehead atoms. The summed E-state index contributed by atoms with van der Waals surface area (Å²) in [5, 5.41) is 65.6. The van der Waals surface area contributed by atoms with Crippen molar-refractivity contribution in [2.75, 3.05) is 164 Å². The maximum absolute atomic E-state index is 11.1. The number of hydrogen-bond acceptors (Lipinski definition) is 24. The zero-order valence-corrected chi connectivity index (χ0v) is 82.3. The number of rotatable bonds is 24. The third kappa shape index (κ3) is 25.4. The fraction of sp³-hybridized carbons (Fsp3) is 0.684. The number of fused-ring (bicyclic) bond motifs is 18. The van der Waals surface area contributed by atoms with Crippen molar-refractivity contribution in [2.45, 2.75) is 271 Å². The van der Waals surface area contributed by atoms with E-state index in [1.165, 1.54) is 156 Å². The molecule has 0 aliphatic carbocycles. The number of piperidine rings is 6. The second-order valence-corrected chi connectivity index (χ2v) is 36.6. The van der Waals surface area contributed by atoms with Crippen LogP contribution in [0, 0.1) is 70.9 Å². The molecule has 22 atom stereocenters. The molecule has 24 heteroatoms. The molecule has 6 fully saturated rings. The summed E-state index contributed by atoms with van der Waals surface area (Å²) >= 11 is 0. The molecule has 6 N–H and O–H groups in total. The molecule has 0 spiro atoms. The molecule has 4 unspecified atom stereocenters. The molecular weight excluding hydrogens is 1740 g/mol. The molecule has 0 aromatic heterocycles. The van der Waals surface area contributed by atoms with Crippen LogP contribution in [-0.2, 0) is 38.2 Å². The number of methoxy groups -OCH3 is 12. The minimum Gasteiger partial charge on any atom is -0.493 e. The molecule has 768 valence electrons. The molecular formula is C114H174N6O18. The van der Waals surface area contributed by atoms with E-state index in [-0.39, 0.29) is 130 Å². The van der Waals surface area contributed by atoms with Crippen molar-refractivity contribution in [2.24, 2.45) is 70.9 Å². The van der Waals surface area contributed by atoms with Crippen LogP contribution in [0.25, 0.3) is 0 Å². The zero-order chi connectivity index (χ0) is 145. The van der Waals surface area contributed by atoms with E-state index in [0.29, 0.717) is 69.6 Å². The van der Waals surface area contributed by atoms with Crippen molar-refractivity contribution in [1.82, 2.24) is 29.4 Å². The van der Waals surface area contributed by atoms with E-state index in [0.717, 1.165) is 47.3 Å².